The Morgan fingerprint density at radius 2 is 1.77 bits per heavy atom. The molecule has 0 aliphatic carbocycles. The summed E-state index contributed by atoms with van der Waals surface area (Å²) in [7, 11) is 1.66. The first kappa shape index (κ1) is 19.1. The molecule has 31 heavy (non-hydrogen) atoms. The van der Waals surface area contributed by atoms with Crippen molar-refractivity contribution in [1.82, 2.24) is 14.5 Å². The molecule has 1 aliphatic rings. The van der Waals surface area contributed by atoms with E-state index in [2.05, 4.69) is 15.6 Å². The molecule has 6 nitrogen and oxygen atoms in total. The Bertz CT molecular complexity index is 1230. The number of pyridine rings is 1. The monoisotopic (exact) mass is 410 g/mol. The number of amides is 1. The molecule has 0 N–H and O–H groups in total. The highest BCUT2D eigenvalue weighted by Crippen LogP contribution is 2.32. The van der Waals surface area contributed by atoms with E-state index in [9.17, 15) is 4.79 Å². The second-order valence-electron chi connectivity index (χ2n) is 7.51. The van der Waals surface area contributed by atoms with Crippen LogP contribution in [0.5, 0.6) is 5.75 Å². The first-order valence-corrected chi connectivity index (χ1v) is 10.2. The number of anilines is 1. The Morgan fingerprint density at radius 1 is 1.00 bits per heavy atom. The Kier molecular flexibility index (Phi) is 4.96. The number of ether oxygens (including phenoxy) is 1. The first-order chi connectivity index (χ1) is 15.2. The average molecular weight is 410 g/mol. The predicted molar refractivity (Wildman–Crippen MR) is 119 cm³/mol. The summed E-state index contributed by atoms with van der Waals surface area (Å²) >= 11 is 0. The fraction of sp³-hybridized carbons (Fsp3) is 0.160. The number of nitrogens with zero attached hydrogens (tertiary/aromatic N) is 4. The summed E-state index contributed by atoms with van der Waals surface area (Å²) in [6, 6.07) is 19.7. The van der Waals surface area contributed by atoms with Gasteiger partial charge in [-0.2, -0.15) is 0 Å². The van der Waals surface area contributed by atoms with Crippen LogP contribution in [0.1, 0.15) is 17.0 Å². The first-order valence-electron chi connectivity index (χ1n) is 10.2. The molecule has 0 saturated carbocycles. The molecular formula is C25H22N4O2. The fourth-order valence-corrected chi connectivity index (χ4v) is 4.01. The molecule has 154 valence electrons. The topological polar surface area (TPSA) is 60.2 Å². The molecule has 2 aromatic carbocycles. The van der Waals surface area contributed by atoms with Crippen molar-refractivity contribution in [2.45, 2.75) is 19.5 Å². The van der Waals surface area contributed by atoms with Crippen LogP contribution in [0.15, 0.2) is 79.3 Å². The maximum absolute atomic E-state index is 13.3. The lowest BCUT2D eigenvalue weighted by molar-refractivity contribution is -0.118. The van der Waals surface area contributed by atoms with Gasteiger partial charge in [-0.3, -0.25) is 9.78 Å². The molecule has 0 atom stereocenters. The van der Waals surface area contributed by atoms with E-state index in [1.165, 1.54) is 0 Å². The normalized spacial score (nSPS) is 12.6. The molecule has 0 saturated heterocycles. The summed E-state index contributed by atoms with van der Waals surface area (Å²) in [6.45, 7) is 1.07. The third-order valence-corrected chi connectivity index (χ3v) is 5.57. The van der Waals surface area contributed by atoms with Crippen molar-refractivity contribution in [2.24, 2.45) is 0 Å². The zero-order chi connectivity index (χ0) is 21.2. The molecule has 0 unspecified atom stereocenters. The lowest BCUT2D eigenvalue weighted by Gasteiger charge is -2.22. The van der Waals surface area contributed by atoms with Crippen LogP contribution >= 0.6 is 0 Å². The second kappa shape index (κ2) is 8.07. The molecule has 3 heterocycles. The van der Waals surface area contributed by atoms with Crippen molar-refractivity contribution < 1.29 is 9.53 Å². The quantitative estimate of drug-likeness (QED) is 0.508. The van der Waals surface area contributed by atoms with Crippen LogP contribution in [0, 0.1) is 0 Å². The lowest BCUT2D eigenvalue weighted by Crippen LogP contribution is -2.32. The van der Waals surface area contributed by atoms with Gasteiger partial charge >= 0.3 is 0 Å². The fourth-order valence-electron chi connectivity index (χ4n) is 4.01. The average Bonchev–Trinajstić information content (AvgIpc) is 3.13. The summed E-state index contributed by atoms with van der Waals surface area (Å²) in [5.74, 6) is 1.66. The van der Waals surface area contributed by atoms with Gasteiger partial charge in [-0.15, -0.1) is 0 Å². The van der Waals surface area contributed by atoms with Gasteiger partial charge < -0.3 is 14.2 Å². The Hall–Kier alpha value is -3.93. The molecular weight excluding hydrogens is 388 g/mol. The smallest absolute Gasteiger partial charge is 0.231 e. The molecule has 1 aliphatic heterocycles. The Balaban J connectivity index is 1.53. The summed E-state index contributed by atoms with van der Waals surface area (Å²) in [5.41, 5.74) is 4.75. The molecule has 0 fully saturated rings. The number of rotatable bonds is 4. The van der Waals surface area contributed by atoms with Gasteiger partial charge in [0.15, 0.2) is 0 Å². The number of carbonyl (C=O) groups excluding carboxylic acids is 1. The minimum Gasteiger partial charge on any atom is -0.496 e. The highest BCUT2D eigenvalue weighted by Gasteiger charge is 2.26. The van der Waals surface area contributed by atoms with Crippen LogP contribution in [-0.2, 0) is 24.3 Å². The Labute approximate surface area is 180 Å². The summed E-state index contributed by atoms with van der Waals surface area (Å²) in [4.78, 5) is 24.1. The molecule has 6 heteroatoms. The molecule has 2 aromatic heterocycles. The van der Waals surface area contributed by atoms with Gasteiger partial charge in [0.2, 0.25) is 5.91 Å². The number of benzene rings is 2. The van der Waals surface area contributed by atoms with E-state index in [0.29, 0.717) is 19.5 Å². The predicted octanol–water partition coefficient (Wildman–Crippen LogP) is 4.09. The van der Waals surface area contributed by atoms with Gasteiger partial charge in [-0.25, -0.2) is 4.98 Å². The number of fused-ring (bicyclic) bond motifs is 2. The van der Waals surface area contributed by atoms with E-state index in [4.69, 9.17) is 9.72 Å². The van der Waals surface area contributed by atoms with E-state index < -0.39 is 0 Å². The zero-order valence-electron chi connectivity index (χ0n) is 17.2. The maximum Gasteiger partial charge on any atom is 0.231 e. The van der Waals surface area contributed by atoms with Gasteiger partial charge in [0.05, 0.1) is 32.3 Å². The molecule has 0 radical (unpaired) electrons. The largest absolute Gasteiger partial charge is 0.496 e. The standard InChI is InChI=1S/C25H22N4O2/c1-31-23-9-5-3-7-20(23)21-16-28-15-19-6-2-4-8-22(19)29(17-24(28)27-21)25(30)14-18-10-12-26-13-11-18/h2-13,16H,14-15,17H2,1H3. The van der Waals surface area contributed by atoms with Crippen molar-refractivity contribution in [2.75, 3.05) is 12.0 Å². The number of aromatic nitrogens is 3. The highest BCUT2D eigenvalue weighted by molar-refractivity contribution is 5.95. The van der Waals surface area contributed by atoms with Crippen molar-refractivity contribution >= 4 is 11.6 Å². The zero-order valence-corrected chi connectivity index (χ0v) is 17.2. The van der Waals surface area contributed by atoms with Crippen molar-refractivity contribution in [3.8, 4) is 17.0 Å². The molecule has 5 rings (SSSR count). The van der Waals surface area contributed by atoms with Crippen LogP contribution in [-0.4, -0.2) is 27.6 Å². The Morgan fingerprint density at radius 3 is 2.61 bits per heavy atom. The van der Waals surface area contributed by atoms with Gasteiger partial charge in [0.25, 0.3) is 0 Å². The number of hydrogen-bond acceptors (Lipinski definition) is 4. The van der Waals surface area contributed by atoms with E-state index in [0.717, 1.165) is 39.6 Å². The summed E-state index contributed by atoms with van der Waals surface area (Å²) in [6.07, 6.45) is 5.79. The van der Waals surface area contributed by atoms with Crippen molar-refractivity contribution in [1.29, 1.82) is 0 Å². The highest BCUT2D eigenvalue weighted by atomic mass is 16.5. The minimum atomic E-state index is 0.0361. The number of hydrogen-bond donors (Lipinski definition) is 0. The van der Waals surface area contributed by atoms with E-state index in [1.807, 2.05) is 65.7 Å². The van der Waals surface area contributed by atoms with Gasteiger partial charge in [0, 0.05) is 29.8 Å². The van der Waals surface area contributed by atoms with E-state index in [-0.39, 0.29) is 5.91 Å². The second-order valence-corrected chi connectivity index (χ2v) is 7.51. The van der Waals surface area contributed by atoms with E-state index >= 15 is 0 Å². The summed E-state index contributed by atoms with van der Waals surface area (Å²) in [5, 5.41) is 0. The molecule has 0 spiro atoms. The number of methoxy groups -OCH3 is 1. The van der Waals surface area contributed by atoms with Crippen LogP contribution < -0.4 is 9.64 Å². The SMILES string of the molecule is COc1ccccc1-c1cn2c(n1)CN(C(=O)Cc1ccncc1)c1ccccc1C2. The minimum absolute atomic E-state index is 0.0361. The molecule has 0 bridgehead atoms. The third kappa shape index (κ3) is 3.68. The number of imidazole rings is 1. The molecule has 4 aromatic rings. The van der Waals surface area contributed by atoms with Gasteiger partial charge in [-0.1, -0.05) is 30.3 Å². The van der Waals surface area contributed by atoms with Crippen molar-refractivity contribution in [3.05, 3.63) is 96.2 Å². The van der Waals surface area contributed by atoms with Crippen molar-refractivity contribution in [3.63, 3.8) is 0 Å². The summed E-state index contributed by atoms with van der Waals surface area (Å²) < 4.78 is 7.64. The third-order valence-electron chi connectivity index (χ3n) is 5.57. The van der Waals surface area contributed by atoms with Crippen LogP contribution in [0.25, 0.3) is 11.3 Å². The van der Waals surface area contributed by atoms with Crippen LogP contribution in [0.4, 0.5) is 5.69 Å². The van der Waals surface area contributed by atoms with Gasteiger partial charge in [-0.05, 0) is 41.5 Å². The van der Waals surface area contributed by atoms with Gasteiger partial charge in [0.1, 0.15) is 11.6 Å². The van der Waals surface area contributed by atoms with Crippen LogP contribution in [0.2, 0.25) is 0 Å². The number of para-hydroxylation sites is 2. The van der Waals surface area contributed by atoms with Crippen LogP contribution in [0.3, 0.4) is 0 Å². The molecule has 1 amide bonds. The number of carbonyl (C=O) groups is 1. The maximum atomic E-state index is 13.3. The van der Waals surface area contributed by atoms with E-state index in [1.54, 1.807) is 19.5 Å². The lowest BCUT2D eigenvalue weighted by atomic mass is 10.1.